The van der Waals surface area contributed by atoms with Crippen LogP contribution in [0, 0.1) is 0 Å². The van der Waals surface area contributed by atoms with Gasteiger partial charge < -0.3 is 10.4 Å². The third-order valence-electron chi connectivity index (χ3n) is 3.18. The van der Waals surface area contributed by atoms with Crippen LogP contribution in [0.15, 0.2) is 11.4 Å². The van der Waals surface area contributed by atoms with E-state index in [0.29, 0.717) is 12.5 Å². The van der Waals surface area contributed by atoms with E-state index in [1.54, 1.807) is 11.8 Å². The fourth-order valence-corrected chi connectivity index (χ4v) is 4.28. The molecule has 1 saturated heterocycles. The van der Waals surface area contributed by atoms with Crippen LogP contribution in [0.2, 0.25) is 0 Å². The van der Waals surface area contributed by atoms with Crippen molar-refractivity contribution in [3.05, 3.63) is 21.9 Å². The van der Waals surface area contributed by atoms with Crippen molar-refractivity contribution in [1.29, 1.82) is 0 Å². The van der Waals surface area contributed by atoms with E-state index in [1.165, 1.54) is 11.3 Å². The molecule has 1 aromatic heterocycles. The van der Waals surface area contributed by atoms with E-state index >= 15 is 0 Å². The van der Waals surface area contributed by atoms with Crippen LogP contribution in [0.4, 0.5) is 0 Å². The normalized spacial score (nSPS) is 23.6. The van der Waals surface area contributed by atoms with Crippen LogP contribution in [-0.2, 0) is 0 Å². The summed E-state index contributed by atoms with van der Waals surface area (Å²) in [5, 5.41) is 15.0. The summed E-state index contributed by atoms with van der Waals surface area (Å²) in [6.07, 6.45) is 0.763. The number of carbonyl (C=O) groups is 1. The molecule has 0 radical (unpaired) electrons. The SMILES string of the molecule is CC(C)c1ccsc1C(=O)NCC1(O)CCSC1. The number of thioether (sulfide) groups is 1. The molecule has 1 fully saturated rings. The molecule has 1 aliphatic heterocycles. The van der Waals surface area contributed by atoms with Gasteiger partial charge in [0.25, 0.3) is 5.91 Å². The van der Waals surface area contributed by atoms with E-state index in [9.17, 15) is 9.90 Å². The summed E-state index contributed by atoms with van der Waals surface area (Å²) in [7, 11) is 0. The molecule has 2 rings (SSSR count). The second-order valence-corrected chi connectivity index (χ2v) is 7.09. The summed E-state index contributed by atoms with van der Waals surface area (Å²) in [6.45, 7) is 4.52. The number of amides is 1. The van der Waals surface area contributed by atoms with Crippen molar-refractivity contribution in [1.82, 2.24) is 5.32 Å². The molecular formula is C13H19NO2S2. The summed E-state index contributed by atoms with van der Waals surface area (Å²) in [5.74, 6) is 1.98. The predicted octanol–water partition coefficient (Wildman–Crippen LogP) is 2.47. The largest absolute Gasteiger partial charge is 0.387 e. The lowest BCUT2D eigenvalue weighted by molar-refractivity contribution is 0.0613. The quantitative estimate of drug-likeness (QED) is 0.893. The van der Waals surface area contributed by atoms with Crippen LogP contribution >= 0.6 is 23.1 Å². The Balaban J connectivity index is 1.97. The van der Waals surface area contributed by atoms with Gasteiger partial charge in [-0.25, -0.2) is 0 Å². The first kappa shape index (κ1) is 13.9. The van der Waals surface area contributed by atoms with Crippen molar-refractivity contribution in [2.45, 2.75) is 31.8 Å². The number of hydrogen-bond acceptors (Lipinski definition) is 4. The lowest BCUT2D eigenvalue weighted by Crippen LogP contribution is -2.42. The van der Waals surface area contributed by atoms with Crippen LogP contribution in [0.3, 0.4) is 0 Å². The molecule has 2 heterocycles. The molecule has 100 valence electrons. The highest BCUT2D eigenvalue weighted by Gasteiger charge is 2.32. The minimum atomic E-state index is -0.713. The molecule has 0 aliphatic carbocycles. The maximum atomic E-state index is 12.1. The summed E-state index contributed by atoms with van der Waals surface area (Å²) >= 11 is 3.21. The van der Waals surface area contributed by atoms with Crippen LogP contribution in [0.25, 0.3) is 0 Å². The fourth-order valence-electron chi connectivity index (χ4n) is 2.02. The molecule has 0 aromatic carbocycles. The molecule has 1 aliphatic rings. The highest BCUT2D eigenvalue weighted by atomic mass is 32.2. The zero-order valence-electron chi connectivity index (χ0n) is 10.7. The molecule has 0 bridgehead atoms. The Kier molecular flexibility index (Phi) is 4.35. The van der Waals surface area contributed by atoms with Gasteiger partial charge in [-0.1, -0.05) is 13.8 Å². The Morgan fingerprint density at radius 3 is 3.00 bits per heavy atom. The summed E-state index contributed by atoms with van der Waals surface area (Å²) in [4.78, 5) is 12.9. The maximum absolute atomic E-state index is 12.1. The third kappa shape index (κ3) is 3.08. The minimum Gasteiger partial charge on any atom is -0.387 e. The predicted molar refractivity (Wildman–Crippen MR) is 77.6 cm³/mol. The second-order valence-electron chi connectivity index (χ2n) is 5.07. The Labute approximate surface area is 116 Å². The van der Waals surface area contributed by atoms with Crippen LogP contribution in [0.1, 0.15) is 41.4 Å². The van der Waals surface area contributed by atoms with Gasteiger partial charge >= 0.3 is 0 Å². The molecular weight excluding hydrogens is 266 g/mol. The number of carbonyl (C=O) groups excluding carboxylic acids is 1. The van der Waals surface area contributed by atoms with Gasteiger partial charge in [0.1, 0.15) is 0 Å². The van der Waals surface area contributed by atoms with Crippen LogP contribution in [-0.4, -0.2) is 34.7 Å². The Hall–Kier alpha value is -0.520. The maximum Gasteiger partial charge on any atom is 0.261 e. The van der Waals surface area contributed by atoms with E-state index in [1.807, 2.05) is 11.4 Å². The van der Waals surface area contributed by atoms with E-state index in [2.05, 4.69) is 19.2 Å². The van der Waals surface area contributed by atoms with Crippen molar-refractivity contribution >= 4 is 29.0 Å². The van der Waals surface area contributed by atoms with E-state index in [-0.39, 0.29) is 5.91 Å². The van der Waals surface area contributed by atoms with E-state index < -0.39 is 5.60 Å². The number of rotatable bonds is 4. The van der Waals surface area contributed by atoms with E-state index in [4.69, 9.17) is 0 Å². The average molecular weight is 285 g/mol. The fraction of sp³-hybridized carbons (Fsp3) is 0.615. The van der Waals surface area contributed by atoms with Crippen molar-refractivity contribution in [2.24, 2.45) is 0 Å². The van der Waals surface area contributed by atoms with Gasteiger partial charge in [-0.05, 0) is 35.1 Å². The van der Waals surface area contributed by atoms with Gasteiger partial charge in [0.05, 0.1) is 10.5 Å². The Morgan fingerprint density at radius 2 is 2.39 bits per heavy atom. The monoisotopic (exact) mass is 285 g/mol. The summed E-state index contributed by atoms with van der Waals surface area (Å²) < 4.78 is 0. The molecule has 1 amide bonds. The van der Waals surface area contributed by atoms with Gasteiger partial charge in [0.2, 0.25) is 0 Å². The zero-order valence-corrected chi connectivity index (χ0v) is 12.4. The highest BCUT2D eigenvalue weighted by molar-refractivity contribution is 7.99. The first-order chi connectivity index (χ1) is 8.52. The van der Waals surface area contributed by atoms with Gasteiger partial charge in [-0.2, -0.15) is 11.8 Å². The number of thiophene rings is 1. The summed E-state index contributed by atoms with van der Waals surface area (Å²) in [6, 6.07) is 2.00. The number of hydrogen-bond donors (Lipinski definition) is 2. The topological polar surface area (TPSA) is 49.3 Å². The van der Waals surface area contributed by atoms with Gasteiger partial charge in [0.15, 0.2) is 0 Å². The minimum absolute atomic E-state index is 0.0565. The van der Waals surface area contributed by atoms with Crippen molar-refractivity contribution in [2.75, 3.05) is 18.1 Å². The molecule has 5 heteroatoms. The average Bonchev–Trinajstić information content (AvgIpc) is 2.95. The van der Waals surface area contributed by atoms with Crippen LogP contribution < -0.4 is 5.32 Å². The lowest BCUT2D eigenvalue weighted by Gasteiger charge is -2.21. The standard InChI is InChI=1S/C13H19NO2S2/c1-9(2)10-3-5-18-11(10)12(15)14-7-13(16)4-6-17-8-13/h3,5,9,16H,4,6-8H2,1-2H3,(H,14,15). The van der Waals surface area contributed by atoms with Crippen molar-refractivity contribution < 1.29 is 9.90 Å². The number of aliphatic hydroxyl groups is 1. The molecule has 1 unspecified atom stereocenters. The van der Waals surface area contributed by atoms with Crippen molar-refractivity contribution in [3.63, 3.8) is 0 Å². The molecule has 0 saturated carbocycles. The van der Waals surface area contributed by atoms with Gasteiger partial charge in [-0.3, -0.25) is 4.79 Å². The molecule has 3 nitrogen and oxygen atoms in total. The molecule has 0 spiro atoms. The molecule has 2 N–H and O–H groups in total. The van der Waals surface area contributed by atoms with Gasteiger partial charge in [-0.15, -0.1) is 11.3 Å². The highest BCUT2D eigenvalue weighted by Crippen LogP contribution is 2.28. The summed E-state index contributed by atoms with van der Waals surface area (Å²) in [5.41, 5.74) is 0.376. The first-order valence-electron chi connectivity index (χ1n) is 6.17. The smallest absolute Gasteiger partial charge is 0.261 e. The molecule has 1 atom stereocenters. The lowest BCUT2D eigenvalue weighted by atomic mass is 10.0. The second kappa shape index (κ2) is 5.63. The third-order valence-corrected chi connectivity index (χ3v) is 5.35. The van der Waals surface area contributed by atoms with Gasteiger partial charge in [0, 0.05) is 12.3 Å². The Bertz CT molecular complexity index is 422. The molecule has 18 heavy (non-hydrogen) atoms. The Morgan fingerprint density at radius 1 is 1.61 bits per heavy atom. The number of nitrogens with one attached hydrogen (secondary N) is 1. The zero-order chi connectivity index (χ0) is 13.2. The first-order valence-corrected chi connectivity index (χ1v) is 8.21. The molecule has 1 aromatic rings. The van der Waals surface area contributed by atoms with Crippen molar-refractivity contribution in [3.8, 4) is 0 Å². The van der Waals surface area contributed by atoms with Crippen LogP contribution in [0.5, 0.6) is 0 Å². The van der Waals surface area contributed by atoms with E-state index in [0.717, 1.165) is 28.4 Å².